The zero-order valence-electron chi connectivity index (χ0n) is 15.5. The van der Waals surface area contributed by atoms with Crippen molar-refractivity contribution in [3.05, 3.63) is 35.5 Å². The zero-order valence-corrected chi connectivity index (χ0v) is 15.5. The molecule has 0 radical (unpaired) electrons. The Kier molecular flexibility index (Phi) is 5.77. The molecule has 29 heavy (non-hydrogen) atoms. The Balaban J connectivity index is 2.24. The van der Waals surface area contributed by atoms with Gasteiger partial charge in [0.15, 0.2) is 0 Å². The van der Waals surface area contributed by atoms with E-state index in [9.17, 15) is 28.7 Å². The molecule has 2 atom stereocenters. The van der Waals surface area contributed by atoms with E-state index in [1.54, 1.807) is 13.0 Å². The van der Waals surface area contributed by atoms with Gasteiger partial charge in [0.25, 0.3) is 0 Å². The molecule has 10 heteroatoms. The number of nitrogens with one attached hydrogen (secondary N) is 2. The third-order valence-electron chi connectivity index (χ3n) is 4.93. The van der Waals surface area contributed by atoms with Gasteiger partial charge in [0.05, 0.1) is 35.3 Å². The van der Waals surface area contributed by atoms with Crippen LogP contribution in [0.3, 0.4) is 0 Å². The molecule has 0 aliphatic carbocycles. The Morgan fingerprint density at radius 2 is 2.21 bits per heavy atom. The van der Waals surface area contributed by atoms with E-state index in [2.05, 4.69) is 15.7 Å². The second-order valence-electron chi connectivity index (χ2n) is 6.87. The molecule has 152 valence electrons. The number of carbonyl (C=O) groups excluding carboxylic acids is 1. The lowest BCUT2D eigenvalue weighted by molar-refractivity contribution is -0.119. The largest absolute Gasteiger partial charge is 0.465 e. The molecule has 3 N–H and O–H groups in total. The summed E-state index contributed by atoms with van der Waals surface area (Å²) in [5.74, 6) is -0.783. The van der Waals surface area contributed by atoms with Crippen molar-refractivity contribution in [3.63, 3.8) is 0 Å². The number of fused-ring (bicyclic) bond motifs is 4. The van der Waals surface area contributed by atoms with Crippen LogP contribution in [0.1, 0.15) is 49.9 Å². The van der Waals surface area contributed by atoms with E-state index in [1.165, 1.54) is 12.1 Å². The summed E-state index contributed by atoms with van der Waals surface area (Å²) < 4.78 is 27.6. The molecular formula is C19H19F2N5O3. The summed E-state index contributed by atoms with van der Waals surface area (Å²) in [5, 5.41) is 27.4. The van der Waals surface area contributed by atoms with Gasteiger partial charge in [0.2, 0.25) is 5.91 Å². The molecule has 2 aromatic rings. The normalized spacial score (nSPS) is 19.3. The van der Waals surface area contributed by atoms with E-state index < -0.39 is 24.6 Å². The molecule has 2 amide bonds. The molecule has 1 aromatic heterocycles. The van der Waals surface area contributed by atoms with E-state index in [0.717, 1.165) is 6.20 Å². The van der Waals surface area contributed by atoms with E-state index in [-0.39, 0.29) is 28.4 Å². The van der Waals surface area contributed by atoms with Gasteiger partial charge >= 0.3 is 12.6 Å². The zero-order chi connectivity index (χ0) is 21.1. The molecule has 1 aromatic carbocycles. The molecule has 1 aliphatic rings. The fraction of sp³-hybridized carbons (Fsp3) is 0.368. The van der Waals surface area contributed by atoms with E-state index in [4.69, 9.17) is 0 Å². The van der Waals surface area contributed by atoms with Gasteiger partial charge in [0, 0.05) is 11.5 Å². The number of carbonyl (C=O) groups is 2. The van der Waals surface area contributed by atoms with Crippen molar-refractivity contribution in [2.45, 2.75) is 38.8 Å². The highest BCUT2D eigenvalue weighted by molar-refractivity contribution is 5.96. The molecule has 8 nitrogen and oxygen atoms in total. The number of hydrogen-bond donors (Lipinski definition) is 3. The number of alkyl halides is 2. The number of rotatable bonds is 2. The molecule has 0 spiro atoms. The van der Waals surface area contributed by atoms with Crippen LogP contribution in [0.15, 0.2) is 24.4 Å². The quantitative estimate of drug-likeness (QED) is 0.703. The maximum atomic E-state index is 13.6. The summed E-state index contributed by atoms with van der Waals surface area (Å²) in [7, 11) is 0. The standard InChI is InChI=1S/C19H19F2N5O3/c1-10-3-2-4-14(25-19(28)29)11-5-6-12(8-22)13(7-11)16-15(24-17(10)27)9-23-26(16)18(20)21/h5-7,9-10,14,18,25H,2-4H2,1H3,(H,24,27)(H,28,29)/t10-,14+/m1/s1. The van der Waals surface area contributed by atoms with Crippen molar-refractivity contribution in [3.8, 4) is 17.3 Å². The molecule has 2 bridgehead atoms. The van der Waals surface area contributed by atoms with E-state index in [0.29, 0.717) is 29.5 Å². The molecular weight excluding hydrogens is 384 g/mol. The van der Waals surface area contributed by atoms with Crippen molar-refractivity contribution in [2.24, 2.45) is 5.92 Å². The van der Waals surface area contributed by atoms with Gasteiger partial charge in [-0.2, -0.15) is 19.1 Å². The van der Waals surface area contributed by atoms with Crippen LogP contribution in [0.2, 0.25) is 0 Å². The van der Waals surface area contributed by atoms with Crippen molar-refractivity contribution in [2.75, 3.05) is 5.32 Å². The number of aromatic nitrogens is 2. The van der Waals surface area contributed by atoms with Crippen molar-refractivity contribution >= 4 is 17.7 Å². The maximum absolute atomic E-state index is 13.6. The minimum Gasteiger partial charge on any atom is -0.465 e. The summed E-state index contributed by atoms with van der Waals surface area (Å²) in [6.45, 7) is -1.29. The lowest BCUT2D eigenvalue weighted by Crippen LogP contribution is -2.27. The Morgan fingerprint density at radius 3 is 2.86 bits per heavy atom. The lowest BCUT2D eigenvalue weighted by atomic mass is 9.92. The fourth-order valence-corrected chi connectivity index (χ4v) is 3.43. The summed E-state index contributed by atoms with van der Waals surface area (Å²) in [6, 6.07) is 5.89. The van der Waals surface area contributed by atoms with Crippen LogP contribution >= 0.6 is 0 Å². The number of benzene rings is 1. The van der Waals surface area contributed by atoms with Crippen molar-refractivity contribution in [1.29, 1.82) is 5.26 Å². The van der Waals surface area contributed by atoms with Crippen LogP contribution in [-0.2, 0) is 4.79 Å². The van der Waals surface area contributed by atoms with Crippen LogP contribution in [-0.4, -0.2) is 26.9 Å². The monoisotopic (exact) mass is 403 g/mol. The first-order chi connectivity index (χ1) is 13.8. The Bertz CT molecular complexity index is 983. The van der Waals surface area contributed by atoms with Gasteiger partial charge in [0.1, 0.15) is 0 Å². The molecule has 3 rings (SSSR count). The van der Waals surface area contributed by atoms with Crippen molar-refractivity contribution < 1.29 is 23.5 Å². The van der Waals surface area contributed by atoms with Crippen LogP contribution in [0.4, 0.5) is 19.3 Å². The SMILES string of the molecule is C[C@@H]1CCC[C@H](NC(=O)O)c2ccc(C#N)c(c2)-c2c(cnn2C(F)F)NC1=O. The number of halogens is 2. The van der Waals surface area contributed by atoms with Gasteiger partial charge in [-0.25, -0.2) is 9.48 Å². The number of carboxylic acid groups (broad SMARTS) is 1. The summed E-state index contributed by atoms with van der Waals surface area (Å²) >= 11 is 0. The summed E-state index contributed by atoms with van der Waals surface area (Å²) in [4.78, 5) is 23.7. The number of nitrogens with zero attached hydrogens (tertiary/aromatic N) is 3. The molecule has 0 saturated heterocycles. The van der Waals surface area contributed by atoms with Crippen molar-refractivity contribution in [1.82, 2.24) is 15.1 Å². The molecule has 1 aliphatic heterocycles. The van der Waals surface area contributed by atoms with Crippen LogP contribution in [0.25, 0.3) is 11.3 Å². The number of hydrogen-bond acceptors (Lipinski definition) is 4. The van der Waals surface area contributed by atoms with E-state index >= 15 is 0 Å². The molecule has 0 unspecified atom stereocenters. The third-order valence-corrected chi connectivity index (χ3v) is 4.93. The predicted octanol–water partition coefficient (Wildman–Crippen LogP) is 3.88. The topological polar surface area (TPSA) is 120 Å². The Hall–Kier alpha value is -3.48. The minimum absolute atomic E-state index is 0.0686. The van der Waals surface area contributed by atoms with Crippen LogP contribution < -0.4 is 10.6 Å². The van der Waals surface area contributed by atoms with Crippen LogP contribution in [0.5, 0.6) is 0 Å². The van der Waals surface area contributed by atoms with Gasteiger partial charge < -0.3 is 15.7 Å². The second kappa shape index (κ2) is 8.26. The Morgan fingerprint density at radius 1 is 1.45 bits per heavy atom. The lowest BCUT2D eigenvalue weighted by Gasteiger charge is -2.21. The first-order valence-electron chi connectivity index (χ1n) is 9.02. The smallest absolute Gasteiger partial charge is 0.405 e. The highest BCUT2D eigenvalue weighted by Gasteiger charge is 2.26. The first-order valence-corrected chi connectivity index (χ1v) is 9.02. The third kappa shape index (κ3) is 4.18. The predicted molar refractivity (Wildman–Crippen MR) is 99.2 cm³/mol. The van der Waals surface area contributed by atoms with Gasteiger partial charge in [-0.3, -0.25) is 4.79 Å². The van der Waals surface area contributed by atoms with Gasteiger partial charge in [-0.15, -0.1) is 0 Å². The first kappa shape index (κ1) is 20.3. The molecule has 0 fully saturated rings. The van der Waals surface area contributed by atoms with Gasteiger partial charge in [-0.05, 0) is 30.5 Å². The minimum atomic E-state index is -3.00. The Labute approximate surface area is 165 Å². The highest BCUT2D eigenvalue weighted by atomic mass is 19.3. The summed E-state index contributed by atoms with van der Waals surface area (Å²) in [6.07, 6.45) is 1.37. The second-order valence-corrected chi connectivity index (χ2v) is 6.87. The average Bonchev–Trinajstić information content (AvgIpc) is 3.09. The van der Waals surface area contributed by atoms with Crippen LogP contribution in [0, 0.1) is 17.2 Å². The fourth-order valence-electron chi connectivity index (χ4n) is 3.43. The van der Waals surface area contributed by atoms with E-state index in [1.807, 2.05) is 6.07 Å². The molecule has 2 heterocycles. The van der Waals surface area contributed by atoms with Gasteiger partial charge in [-0.1, -0.05) is 19.4 Å². The maximum Gasteiger partial charge on any atom is 0.405 e. The highest BCUT2D eigenvalue weighted by Crippen LogP contribution is 2.36. The number of anilines is 1. The number of amides is 2. The average molecular weight is 403 g/mol. The number of nitriles is 1. The summed E-state index contributed by atoms with van der Waals surface area (Å²) in [5.41, 5.74) is 0.746. The molecule has 0 saturated carbocycles.